The molecule has 16 heavy (non-hydrogen) atoms. The van der Waals surface area contributed by atoms with Gasteiger partial charge in [0.2, 0.25) is 0 Å². The maximum Gasteiger partial charge on any atom is 0.0943 e. The molecule has 0 saturated heterocycles. The molecule has 0 aliphatic rings. The lowest BCUT2D eigenvalue weighted by molar-refractivity contribution is 0.716. The minimum atomic E-state index is 0.0461. The van der Waals surface area contributed by atoms with Gasteiger partial charge in [-0.25, -0.2) is 4.98 Å². The van der Waals surface area contributed by atoms with E-state index in [-0.39, 0.29) is 6.04 Å². The highest BCUT2D eigenvalue weighted by atomic mass is 32.1. The minimum Gasteiger partial charge on any atom is -0.324 e. The minimum absolute atomic E-state index is 0.0461. The molecule has 0 saturated carbocycles. The second-order valence-electron chi connectivity index (χ2n) is 4.16. The predicted octanol–water partition coefficient (Wildman–Crippen LogP) is 3.00. The summed E-state index contributed by atoms with van der Waals surface area (Å²) in [5.74, 6) is 0. The van der Waals surface area contributed by atoms with Crippen LogP contribution in [0.5, 0.6) is 0 Å². The van der Waals surface area contributed by atoms with E-state index in [1.807, 2.05) is 11.6 Å². The quantitative estimate of drug-likeness (QED) is 0.883. The van der Waals surface area contributed by atoms with Crippen LogP contribution in [0.3, 0.4) is 0 Å². The lowest BCUT2D eigenvalue weighted by Crippen LogP contribution is -2.13. The van der Waals surface area contributed by atoms with E-state index in [0.717, 1.165) is 11.4 Å². The van der Waals surface area contributed by atoms with Gasteiger partial charge in [0.25, 0.3) is 0 Å². The van der Waals surface area contributed by atoms with Crippen molar-refractivity contribution < 1.29 is 0 Å². The van der Waals surface area contributed by atoms with Gasteiger partial charge in [0.1, 0.15) is 0 Å². The Labute approximate surface area is 100 Å². The zero-order chi connectivity index (χ0) is 11.5. The zero-order valence-corrected chi connectivity index (χ0v) is 10.4. The first-order valence-corrected chi connectivity index (χ1v) is 6.25. The van der Waals surface area contributed by atoms with Crippen LogP contribution in [0.4, 0.5) is 0 Å². The van der Waals surface area contributed by atoms with Gasteiger partial charge in [0, 0.05) is 24.0 Å². The summed E-state index contributed by atoms with van der Waals surface area (Å²) in [4.78, 5) is 4.27. The molecule has 3 heteroatoms. The first-order chi connectivity index (χ1) is 7.65. The van der Waals surface area contributed by atoms with Crippen LogP contribution < -0.4 is 5.73 Å². The van der Waals surface area contributed by atoms with Gasteiger partial charge in [-0.05, 0) is 19.4 Å². The molecule has 1 unspecified atom stereocenters. The summed E-state index contributed by atoms with van der Waals surface area (Å²) in [5, 5.41) is 3.09. The molecule has 1 atom stereocenters. The molecule has 2 rings (SSSR count). The molecular weight excluding hydrogens is 216 g/mol. The predicted molar refractivity (Wildman–Crippen MR) is 68.7 cm³/mol. The maximum atomic E-state index is 6.19. The second-order valence-corrected chi connectivity index (χ2v) is 5.14. The van der Waals surface area contributed by atoms with Crippen LogP contribution in [0.25, 0.3) is 0 Å². The van der Waals surface area contributed by atoms with Gasteiger partial charge in [-0.2, -0.15) is 0 Å². The molecule has 2 nitrogen and oxygen atoms in total. The van der Waals surface area contributed by atoms with Crippen molar-refractivity contribution >= 4 is 11.3 Å². The van der Waals surface area contributed by atoms with Crippen molar-refractivity contribution in [1.82, 2.24) is 4.98 Å². The van der Waals surface area contributed by atoms with Crippen LogP contribution in [0.1, 0.15) is 27.7 Å². The largest absolute Gasteiger partial charge is 0.324 e. The van der Waals surface area contributed by atoms with Gasteiger partial charge < -0.3 is 5.73 Å². The van der Waals surface area contributed by atoms with Gasteiger partial charge in [-0.1, -0.05) is 29.3 Å². The van der Waals surface area contributed by atoms with E-state index in [0.29, 0.717) is 0 Å². The van der Waals surface area contributed by atoms with Crippen molar-refractivity contribution in [2.75, 3.05) is 0 Å². The molecule has 1 heterocycles. The van der Waals surface area contributed by atoms with Crippen LogP contribution in [-0.4, -0.2) is 4.98 Å². The highest BCUT2D eigenvalue weighted by molar-refractivity contribution is 7.09. The number of benzene rings is 1. The van der Waals surface area contributed by atoms with Crippen LogP contribution in [-0.2, 0) is 6.42 Å². The Hall–Kier alpha value is -1.19. The van der Waals surface area contributed by atoms with E-state index >= 15 is 0 Å². The van der Waals surface area contributed by atoms with Gasteiger partial charge in [0.15, 0.2) is 0 Å². The fourth-order valence-corrected chi connectivity index (χ4v) is 2.56. The summed E-state index contributed by atoms with van der Waals surface area (Å²) in [5.41, 5.74) is 9.93. The average molecular weight is 232 g/mol. The summed E-state index contributed by atoms with van der Waals surface area (Å²) in [6.45, 7) is 4.21. The number of aromatic nitrogens is 1. The SMILES string of the molecule is Cc1cc(C)cc(C(N)Cc2nccs2)c1. The van der Waals surface area contributed by atoms with Crippen molar-refractivity contribution in [3.8, 4) is 0 Å². The molecule has 1 aromatic carbocycles. The van der Waals surface area contributed by atoms with Crippen molar-refractivity contribution in [3.05, 3.63) is 51.5 Å². The van der Waals surface area contributed by atoms with Gasteiger partial charge in [0.05, 0.1) is 5.01 Å². The van der Waals surface area contributed by atoms with E-state index < -0.39 is 0 Å². The Balaban J connectivity index is 2.17. The molecule has 0 radical (unpaired) electrons. The summed E-state index contributed by atoms with van der Waals surface area (Å²) >= 11 is 1.66. The maximum absolute atomic E-state index is 6.19. The van der Waals surface area contributed by atoms with E-state index in [1.54, 1.807) is 11.3 Å². The molecule has 0 fully saturated rings. The van der Waals surface area contributed by atoms with Crippen molar-refractivity contribution in [2.45, 2.75) is 26.3 Å². The number of nitrogens with zero attached hydrogens (tertiary/aromatic N) is 1. The Morgan fingerprint density at radius 3 is 2.50 bits per heavy atom. The van der Waals surface area contributed by atoms with Gasteiger partial charge in [-0.3, -0.25) is 0 Å². The Morgan fingerprint density at radius 1 is 1.25 bits per heavy atom. The third-order valence-corrected chi connectivity index (χ3v) is 3.35. The first kappa shape index (κ1) is 11.3. The van der Waals surface area contributed by atoms with Crippen LogP contribution in [0.15, 0.2) is 29.8 Å². The van der Waals surface area contributed by atoms with Crippen molar-refractivity contribution in [3.63, 3.8) is 0 Å². The smallest absolute Gasteiger partial charge is 0.0943 e. The zero-order valence-electron chi connectivity index (χ0n) is 9.60. The number of aryl methyl sites for hydroxylation is 2. The Bertz CT molecular complexity index is 443. The Kier molecular flexibility index (Phi) is 3.36. The fourth-order valence-electron chi connectivity index (χ4n) is 1.88. The molecule has 1 aromatic heterocycles. The van der Waals surface area contributed by atoms with Crippen molar-refractivity contribution in [1.29, 1.82) is 0 Å². The molecule has 2 aromatic rings. The van der Waals surface area contributed by atoms with Crippen LogP contribution in [0.2, 0.25) is 0 Å². The molecule has 2 N–H and O–H groups in total. The lowest BCUT2D eigenvalue weighted by atomic mass is 10.00. The highest BCUT2D eigenvalue weighted by Gasteiger charge is 2.09. The standard InChI is InChI=1S/C13H16N2S/c1-9-5-10(2)7-11(6-9)12(14)8-13-15-3-4-16-13/h3-7,12H,8,14H2,1-2H3. The summed E-state index contributed by atoms with van der Waals surface area (Å²) in [7, 11) is 0. The number of nitrogens with two attached hydrogens (primary N) is 1. The first-order valence-electron chi connectivity index (χ1n) is 5.37. The Morgan fingerprint density at radius 2 is 1.94 bits per heavy atom. The van der Waals surface area contributed by atoms with E-state index in [1.165, 1.54) is 16.7 Å². The van der Waals surface area contributed by atoms with Crippen LogP contribution >= 0.6 is 11.3 Å². The van der Waals surface area contributed by atoms with Gasteiger partial charge >= 0.3 is 0 Å². The van der Waals surface area contributed by atoms with E-state index in [2.05, 4.69) is 37.0 Å². The molecule has 84 valence electrons. The lowest BCUT2D eigenvalue weighted by Gasteiger charge is -2.12. The molecular formula is C13H16N2S. The molecule has 0 bridgehead atoms. The van der Waals surface area contributed by atoms with E-state index in [4.69, 9.17) is 5.73 Å². The van der Waals surface area contributed by atoms with Gasteiger partial charge in [-0.15, -0.1) is 11.3 Å². The number of thiazole rings is 1. The molecule has 0 amide bonds. The summed E-state index contributed by atoms with van der Waals surface area (Å²) < 4.78 is 0. The fraction of sp³-hybridized carbons (Fsp3) is 0.308. The topological polar surface area (TPSA) is 38.9 Å². The normalized spacial score (nSPS) is 12.7. The molecule has 0 spiro atoms. The van der Waals surface area contributed by atoms with Crippen LogP contribution in [0, 0.1) is 13.8 Å². The third-order valence-electron chi connectivity index (χ3n) is 2.55. The number of hydrogen-bond acceptors (Lipinski definition) is 3. The summed E-state index contributed by atoms with van der Waals surface area (Å²) in [6, 6.07) is 6.53. The summed E-state index contributed by atoms with van der Waals surface area (Å²) in [6.07, 6.45) is 2.65. The van der Waals surface area contributed by atoms with Crippen molar-refractivity contribution in [2.24, 2.45) is 5.73 Å². The highest BCUT2D eigenvalue weighted by Crippen LogP contribution is 2.19. The monoisotopic (exact) mass is 232 g/mol. The molecule has 0 aliphatic carbocycles. The van der Waals surface area contributed by atoms with E-state index in [9.17, 15) is 0 Å². The average Bonchev–Trinajstić information content (AvgIpc) is 2.68. The third kappa shape index (κ3) is 2.68. The molecule has 0 aliphatic heterocycles. The second kappa shape index (κ2) is 4.76. The number of rotatable bonds is 3. The number of hydrogen-bond donors (Lipinski definition) is 1.